The predicted octanol–water partition coefficient (Wildman–Crippen LogP) is 1.43. The molecule has 2 nitrogen and oxygen atoms in total. The van der Waals surface area contributed by atoms with E-state index in [1.165, 1.54) is 6.92 Å². The summed E-state index contributed by atoms with van der Waals surface area (Å²) in [4.78, 5) is 0. The van der Waals surface area contributed by atoms with Gasteiger partial charge in [0.15, 0.2) is 11.6 Å². The van der Waals surface area contributed by atoms with Crippen LogP contribution in [-0.4, -0.2) is 5.16 Å². The fourth-order valence-corrected chi connectivity index (χ4v) is 0.472. The van der Waals surface area contributed by atoms with E-state index in [4.69, 9.17) is 0 Å². The number of hydrogen-bond acceptors (Lipinski definition) is 2. The van der Waals surface area contributed by atoms with Crippen LogP contribution in [0.1, 0.15) is 11.5 Å². The first kappa shape index (κ1) is 5.28. The molecule has 0 amide bonds. The molecule has 0 spiro atoms. The van der Waals surface area contributed by atoms with E-state index >= 15 is 0 Å². The Morgan fingerprint density at radius 1 is 1.50 bits per heavy atom. The lowest BCUT2D eigenvalue weighted by molar-refractivity contribution is 0.386. The zero-order chi connectivity index (χ0) is 6.15. The predicted molar refractivity (Wildman–Crippen MR) is 25.9 cm³/mol. The average Bonchev–Trinajstić information content (AvgIpc) is 1.98. The van der Waals surface area contributed by atoms with Crippen LogP contribution in [0.3, 0.4) is 0 Å². The topological polar surface area (TPSA) is 26.0 Å². The zero-order valence-corrected chi connectivity index (χ0v) is 4.73. The van der Waals surface area contributed by atoms with Crippen molar-refractivity contribution in [1.29, 1.82) is 0 Å². The Morgan fingerprint density at radius 2 is 2.12 bits per heavy atom. The molecule has 1 aromatic rings. The summed E-state index contributed by atoms with van der Waals surface area (Å²) in [6.07, 6.45) is 0. The van der Waals surface area contributed by atoms with E-state index < -0.39 is 0 Å². The molecule has 8 heavy (non-hydrogen) atoms. The molecule has 0 bridgehead atoms. The van der Waals surface area contributed by atoms with Crippen molar-refractivity contribution in [3.05, 3.63) is 17.3 Å². The standard InChI is InChI=1S/C5H6FNO/c1-3-5(6)4(2)8-7-3/h1-2H3. The molecule has 0 N–H and O–H groups in total. The molecule has 1 aromatic heterocycles. The zero-order valence-electron chi connectivity index (χ0n) is 4.73. The van der Waals surface area contributed by atoms with Crippen molar-refractivity contribution in [3.8, 4) is 0 Å². The Balaban J connectivity index is 3.19. The lowest BCUT2D eigenvalue weighted by Gasteiger charge is -1.75. The summed E-state index contributed by atoms with van der Waals surface area (Å²) < 4.78 is 16.8. The van der Waals surface area contributed by atoms with Crippen molar-refractivity contribution in [2.75, 3.05) is 0 Å². The van der Waals surface area contributed by atoms with Gasteiger partial charge in [-0.15, -0.1) is 0 Å². The van der Waals surface area contributed by atoms with Gasteiger partial charge in [-0.05, 0) is 13.8 Å². The molecule has 1 heterocycles. The third-order valence-electron chi connectivity index (χ3n) is 0.946. The monoisotopic (exact) mass is 115 g/mol. The summed E-state index contributed by atoms with van der Waals surface area (Å²) in [7, 11) is 0. The van der Waals surface area contributed by atoms with Crippen LogP contribution in [-0.2, 0) is 0 Å². The third kappa shape index (κ3) is 0.598. The van der Waals surface area contributed by atoms with Gasteiger partial charge in [-0.2, -0.15) is 0 Å². The van der Waals surface area contributed by atoms with Gasteiger partial charge in [-0.25, -0.2) is 4.39 Å². The highest BCUT2D eigenvalue weighted by molar-refractivity contribution is 5.04. The highest BCUT2D eigenvalue weighted by atomic mass is 19.1. The lowest BCUT2D eigenvalue weighted by atomic mass is 10.4. The maximum atomic E-state index is 12.3. The number of halogens is 1. The molecule has 0 saturated heterocycles. The number of aryl methyl sites for hydroxylation is 2. The van der Waals surface area contributed by atoms with Crippen LogP contribution in [0.15, 0.2) is 4.52 Å². The minimum Gasteiger partial charge on any atom is -0.358 e. The second kappa shape index (κ2) is 1.58. The fourth-order valence-electron chi connectivity index (χ4n) is 0.472. The number of rotatable bonds is 0. The van der Waals surface area contributed by atoms with Gasteiger partial charge in [-0.1, -0.05) is 5.16 Å². The van der Waals surface area contributed by atoms with E-state index in [0.29, 0.717) is 5.69 Å². The summed E-state index contributed by atoms with van der Waals surface area (Å²) in [6.45, 7) is 3.10. The van der Waals surface area contributed by atoms with E-state index in [1.807, 2.05) is 0 Å². The maximum Gasteiger partial charge on any atom is 0.188 e. The van der Waals surface area contributed by atoms with Gasteiger partial charge >= 0.3 is 0 Å². The molecule has 0 aliphatic heterocycles. The van der Waals surface area contributed by atoms with Crippen molar-refractivity contribution in [3.63, 3.8) is 0 Å². The van der Waals surface area contributed by atoms with E-state index in [9.17, 15) is 4.39 Å². The first-order valence-electron chi connectivity index (χ1n) is 2.30. The summed E-state index contributed by atoms with van der Waals surface area (Å²) in [5.41, 5.74) is 0.322. The number of aromatic nitrogens is 1. The van der Waals surface area contributed by atoms with Gasteiger partial charge in [0.25, 0.3) is 0 Å². The van der Waals surface area contributed by atoms with Crippen LogP contribution in [0.25, 0.3) is 0 Å². The Bertz CT molecular complexity index is 175. The van der Waals surface area contributed by atoms with E-state index in [0.717, 1.165) is 0 Å². The number of hydrogen-bond donors (Lipinski definition) is 0. The SMILES string of the molecule is Cc1noc(C)c1F. The van der Waals surface area contributed by atoms with Crippen LogP contribution < -0.4 is 0 Å². The molecular weight excluding hydrogens is 109 g/mol. The Morgan fingerprint density at radius 3 is 2.25 bits per heavy atom. The first-order valence-corrected chi connectivity index (χ1v) is 2.30. The largest absolute Gasteiger partial charge is 0.358 e. The van der Waals surface area contributed by atoms with Crippen molar-refractivity contribution in [1.82, 2.24) is 5.16 Å². The van der Waals surface area contributed by atoms with E-state index in [2.05, 4.69) is 9.68 Å². The third-order valence-corrected chi connectivity index (χ3v) is 0.946. The first-order chi connectivity index (χ1) is 3.72. The minimum absolute atomic E-state index is 0.252. The van der Waals surface area contributed by atoms with Crippen LogP contribution >= 0.6 is 0 Å². The molecule has 0 fully saturated rings. The average molecular weight is 115 g/mol. The molecule has 0 aliphatic rings. The van der Waals surface area contributed by atoms with Crippen molar-refractivity contribution in [2.45, 2.75) is 13.8 Å². The van der Waals surface area contributed by atoms with Crippen LogP contribution in [0, 0.1) is 19.7 Å². The van der Waals surface area contributed by atoms with Crippen molar-refractivity contribution in [2.24, 2.45) is 0 Å². The smallest absolute Gasteiger partial charge is 0.188 e. The summed E-state index contributed by atoms with van der Waals surface area (Å²) in [6, 6.07) is 0. The van der Waals surface area contributed by atoms with Gasteiger partial charge in [0, 0.05) is 0 Å². The summed E-state index contributed by atoms with van der Waals surface area (Å²) >= 11 is 0. The molecule has 44 valence electrons. The van der Waals surface area contributed by atoms with Gasteiger partial charge in [0.1, 0.15) is 5.69 Å². The normalized spacial score (nSPS) is 9.88. The van der Waals surface area contributed by atoms with Crippen LogP contribution in [0.5, 0.6) is 0 Å². The molecule has 0 radical (unpaired) electrons. The second-order valence-electron chi connectivity index (χ2n) is 1.64. The fraction of sp³-hybridized carbons (Fsp3) is 0.400. The van der Waals surface area contributed by atoms with Crippen molar-refractivity contribution >= 4 is 0 Å². The van der Waals surface area contributed by atoms with E-state index in [-0.39, 0.29) is 11.6 Å². The number of nitrogens with zero attached hydrogens (tertiary/aromatic N) is 1. The molecule has 0 aliphatic carbocycles. The van der Waals surface area contributed by atoms with Gasteiger partial charge < -0.3 is 4.52 Å². The Kier molecular flexibility index (Phi) is 1.04. The maximum absolute atomic E-state index is 12.3. The van der Waals surface area contributed by atoms with Gasteiger partial charge in [0.2, 0.25) is 0 Å². The molecule has 0 aromatic carbocycles. The second-order valence-corrected chi connectivity index (χ2v) is 1.64. The molecule has 0 saturated carbocycles. The minimum atomic E-state index is -0.343. The molecular formula is C5H6FNO. The van der Waals surface area contributed by atoms with E-state index in [1.54, 1.807) is 6.92 Å². The quantitative estimate of drug-likeness (QED) is 0.511. The molecule has 3 heteroatoms. The molecule has 0 atom stereocenters. The van der Waals surface area contributed by atoms with Crippen LogP contribution in [0.4, 0.5) is 4.39 Å². The Hall–Kier alpha value is -0.860. The van der Waals surface area contributed by atoms with Gasteiger partial charge in [-0.3, -0.25) is 0 Å². The van der Waals surface area contributed by atoms with Gasteiger partial charge in [0.05, 0.1) is 0 Å². The summed E-state index contributed by atoms with van der Waals surface area (Å²) in [5.74, 6) is -0.0903. The van der Waals surface area contributed by atoms with Crippen LogP contribution in [0.2, 0.25) is 0 Å². The molecule has 0 unspecified atom stereocenters. The van der Waals surface area contributed by atoms with Crippen molar-refractivity contribution < 1.29 is 8.91 Å². The summed E-state index contributed by atoms with van der Waals surface area (Å²) in [5, 5.41) is 3.37. The Labute approximate surface area is 46.3 Å². The molecule has 1 rings (SSSR count). The lowest BCUT2D eigenvalue weighted by Crippen LogP contribution is -1.74. The highest BCUT2D eigenvalue weighted by Crippen LogP contribution is 2.07. The highest BCUT2D eigenvalue weighted by Gasteiger charge is 2.05.